The minimum absolute atomic E-state index is 0.121. The molecule has 180 valence electrons. The van der Waals surface area contributed by atoms with Crippen LogP contribution in [-0.2, 0) is 21.2 Å². The van der Waals surface area contributed by atoms with E-state index in [0.717, 1.165) is 44.0 Å². The molecule has 1 aliphatic rings. The van der Waals surface area contributed by atoms with E-state index in [1.165, 1.54) is 4.31 Å². The van der Waals surface area contributed by atoms with Gasteiger partial charge in [0.15, 0.2) is 0 Å². The molecule has 1 aliphatic heterocycles. The number of rotatable bonds is 10. The van der Waals surface area contributed by atoms with Crippen LogP contribution >= 0.6 is 0 Å². The minimum atomic E-state index is -3.62. The average molecular weight is 473 g/mol. The Bertz CT molecular complexity index is 1020. The van der Waals surface area contributed by atoms with Crippen LogP contribution in [0.3, 0.4) is 0 Å². The lowest BCUT2D eigenvalue weighted by molar-refractivity contribution is -0.116. The first-order valence-corrected chi connectivity index (χ1v) is 13.3. The summed E-state index contributed by atoms with van der Waals surface area (Å²) < 4.78 is 27.6. The Labute approximate surface area is 198 Å². The number of carbonyl (C=O) groups is 1. The Hall–Kier alpha value is -2.42. The number of hydrogen-bond donors (Lipinski definition) is 1. The number of aryl methyl sites for hydroxylation is 1. The molecule has 1 amide bonds. The predicted octanol–water partition coefficient (Wildman–Crippen LogP) is 3.43. The van der Waals surface area contributed by atoms with Crippen LogP contribution in [0.15, 0.2) is 53.4 Å². The second-order valence-corrected chi connectivity index (χ2v) is 10.2. The molecule has 3 rings (SSSR count). The van der Waals surface area contributed by atoms with Gasteiger partial charge in [0.05, 0.1) is 16.3 Å². The first-order chi connectivity index (χ1) is 15.9. The van der Waals surface area contributed by atoms with Crippen molar-refractivity contribution in [2.45, 2.75) is 38.5 Å². The quantitative estimate of drug-likeness (QED) is 0.574. The largest absolute Gasteiger partial charge is 0.367 e. The SMILES string of the molecule is CCN1CCN(c2ccc(S(=O)(=O)N(CC)CC)cc2NC(=O)CCc2ccccc2)CC1. The molecule has 7 nitrogen and oxygen atoms in total. The Morgan fingerprint density at radius 3 is 2.24 bits per heavy atom. The highest BCUT2D eigenvalue weighted by atomic mass is 32.2. The third kappa shape index (κ3) is 6.34. The summed E-state index contributed by atoms with van der Waals surface area (Å²) in [7, 11) is -3.62. The summed E-state index contributed by atoms with van der Waals surface area (Å²) in [5.41, 5.74) is 2.53. The number of likely N-dealkylation sites (N-methyl/N-ethyl adjacent to an activating group) is 1. The van der Waals surface area contributed by atoms with Crippen LogP contribution in [0, 0.1) is 0 Å². The van der Waals surface area contributed by atoms with E-state index in [2.05, 4.69) is 22.0 Å². The third-order valence-electron chi connectivity index (χ3n) is 6.23. The number of sulfonamides is 1. The molecule has 0 aromatic heterocycles. The van der Waals surface area contributed by atoms with Crippen molar-refractivity contribution in [2.24, 2.45) is 0 Å². The van der Waals surface area contributed by atoms with E-state index in [9.17, 15) is 13.2 Å². The van der Waals surface area contributed by atoms with Gasteiger partial charge >= 0.3 is 0 Å². The van der Waals surface area contributed by atoms with Crippen LogP contribution in [0.5, 0.6) is 0 Å². The van der Waals surface area contributed by atoms with E-state index in [4.69, 9.17) is 0 Å². The van der Waals surface area contributed by atoms with Crippen LogP contribution in [-0.4, -0.2) is 69.3 Å². The fourth-order valence-corrected chi connectivity index (χ4v) is 5.67. The number of benzene rings is 2. The Kier molecular flexibility index (Phi) is 8.88. The van der Waals surface area contributed by atoms with Gasteiger partial charge in [-0.1, -0.05) is 51.1 Å². The maximum atomic E-state index is 13.1. The van der Waals surface area contributed by atoms with E-state index in [1.54, 1.807) is 12.1 Å². The summed E-state index contributed by atoms with van der Waals surface area (Å²) in [5, 5.41) is 3.01. The molecule has 0 unspecified atom stereocenters. The van der Waals surface area contributed by atoms with Gasteiger partial charge in [-0.05, 0) is 36.7 Å². The molecule has 1 fully saturated rings. The lowest BCUT2D eigenvalue weighted by Gasteiger charge is -2.36. The molecule has 0 atom stereocenters. The zero-order valence-corrected chi connectivity index (χ0v) is 20.8. The minimum Gasteiger partial charge on any atom is -0.367 e. The van der Waals surface area contributed by atoms with E-state index in [-0.39, 0.29) is 10.8 Å². The Balaban J connectivity index is 1.85. The molecule has 1 heterocycles. The van der Waals surface area contributed by atoms with Gasteiger partial charge in [-0.3, -0.25) is 4.79 Å². The smallest absolute Gasteiger partial charge is 0.243 e. The van der Waals surface area contributed by atoms with Crippen molar-refractivity contribution in [3.8, 4) is 0 Å². The highest BCUT2D eigenvalue weighted by molar-refractivity contribution is 7.89. The first-order valence-electron chi connectivity index (χ1n) is 11.8. The second-order valence-electron chi connectivity index (χ2n) is 8.22. The van der Waals surface area contributed by atoms with Gasteiger partial charge in [0.25, 0.3) is 0 Å². The maximum Gasteiger partial charge on any atom is 0.243 e. The van der Waals surface area contributed by atoms with Crippen molar-refractivity contribution in [3.05, 3.63) is 54.1 Å². The van der Waals surface area contributed by atoms with Crippen LogP contribution in [0.25, 0.3) is 0 Å². The van der Waals surface area contributed by atoms with Crippen molar-refractivity contribution in [1.29, 1.82) is 0 Å². The zero-order valence-electron chi connectivity index (χ0n) is 20.0. The number of carbonyl (C=O) groups excluding carboxylic acids is 1. The van der Waals surface area contributed by atoms with Crippen molar-refractivity contribution in [2.75, 3.05) is 56.0 Å². The van der Waals surface area contributed by atoms with Crippen molar-refractivity contribution in [1.82, 2.24) is 9.21 Å². The normalized spacial score (nSPS) is 15.1. The molecule has 0 spiro atoms. The monoisotopic (exact) mass is 472 g/mol. The van der Waals surface area contributed by atoms with Gasteiger partial charge < -0.3 is 15.1 Å². The molecule has 2 aromatic carbocycles. The summed E-state index contributed by atoms with van der Waals surface area (Å²) in [4.78, 5) is 17.6. The fourth-order valence-electron chi connectivity index (χ4n) is 4.18. The van der Waals surface area contributed by atoms with Crippen LogP contribution in [0.1, 0.15) is 32.8 Å². The molecule has 0 radical (unpaired) electrons. The molecule has 1 saturated heterocycles. The van der Waals surface area contributed by atoms with Gasteiger partial charge in [0.1, 0.15) is 0 Å². The summed E-state index contributed by atoms with van der Waals surface area (Å²) >= 11 is 0. The van der Waals surface area contributed by atoms with Crippen LogP contribution in [0.2, 0.25) is 0 Å². The Morgan fingerprint density at radius 1 is 0.970 bits per heavy atom. The van der Waals surface area contributed by atoms with Crippen LogP contribution in [0.4, 0.5) is 11.4 Å². The van der Waals surface area contributed by atoms with E-state index in [0.29, 0.717) is 31.6 Å². The van der Waals surface area contributed by atoms with E-state index >= 15 is 0 Å². The average Bonchev–Trinajstić information content (AvgIpc) is 2.84. The fraction of sp³-hybridized carbons (Fsp3) is 0.480. The zero-order chi connectivity index (χ0) is 23.8. The molecule has 0 bridgehead atoms. The Morgan fingerprint density at radius 2 is 1.64 bits per heavy atom. The number of nitrogens with zero attached hydrogens (tertiary/aromatic N) is 3. The summed E-state index contributed by atoms with van der Waals surface area (Å²) in [6.07, 6.45) is 0.967. The maximum absolute atomic E-state index is 13.1. The third-order valence-corrected chi connectivity index (χ3v) is 8.27. The molecular formula is C25H36N4O3S. The van der Waals surface area contributed by atoms with Crippen LogP contribution < -0.4 is 10.2 Å². The summed E-state index contributed by atoms with van der Waals surface area (Å²) in [6, 6.07) is 15.0. The first kappa shape index (κ1) is 25.2. The number of anilines is 2. The molecule has 0 saturated carbocycles. The second kappa shape index (κ2) is 11.6. The van der Waals surface area contributed by atoms with Gasteiger partial charge in [0, 0.05) is 45.7 Å². The standard InChI is InChI=1S/C25H36N4O3S/c1-4-27-16-18-28(19-17-27)24-14-13-22(33(31,32)29(5-2)6-3)20-23(24)26-25(30)15-12-21-10-8-7-9-11-21/h7-11,13-14,20H,4-6,12,15-19H2,1-3H3,(H,26,30). The molecule has 8 heteroatoms. The lowest BCUT2D eigenvalue weighted by atomic mass is 10.1. The lowest BCUT2D eigenvalue weighted by Crippen LogP contribution is -2.46. The van der Waals surface area contributed by atoms with Gasteiger partial charge in [-0.2, -0.15) is 4.31 Å². The van der Waals surface area contributed by atoms with Gasteiger partial charge in [-0.15, -0.1) is 0 Å². The van der Waals surface area contributed by atoms with Crippen molar-refractivity contribution < 1.29 is 13.2 Å². The van der Waals surface area contributed by atoms with Gasteiger partial charge in [0.2, 0.25) is 15.9 Å². The molecule has 0 aliphatic carbocycles. The van der Waals surface area contributed by atoms with Gasteiger partial charge in [-0.25, -0.2) is 8.42 Å². The topological polar surface area (TPSA) is 73.0 Å². The summed E-state index contributed by atoms with van der Waals surface area (Å²) in [6.45, 7) is 11.2. The molecule has 2 aromatic rings. The molecular weight excluding hydrogens is 436 g/mol. The van der Waals surface area contributed by atoms with E-state index < -0.39 is 10.0 Å². The van der Waals surface area contributed by atoms with E-state index in [1.807, 2.05) is 50.2 Å². The molecule has 33 heavy (non-hydrogen) atoms. The summed E-state index contributed by atoms with van der Waals surface area (Å²) in [5.74, 6) is -0.121. The number of amides is 1. The highest BCUT2D eigenvalue weighted by Gasteiger charge is 2.25. The number of hydrogen-bond acceptors (Lipinski definition) is 5. The van der Waals surface area contributed by atoms with Crippen molar-refractivity contribution in [3.63, 3.8) is 0 Å². The number of piperazine rings is 1. The van der Waals surface area contributed by atoms with Crippen molar-refractivity contribution >= 4 is 27.3 Å². The predicted molar refractivity (Wildman–Crippen MR) is 134 cm³/mol. The molecule has 1 N–H and O–H groups in total. The highest BCUT2D eigenvalue weighted by Crippen LogP contribution is 2.31. The number of nitrogens with one attached hydrogen (secondary N) is 1.